The van der Waals surface area contributed by atoms with Gasteiger partial charge in [-0.3, -0.25) is 4.79 Å². The Morgan fingerprint density at radius 1 is 1.04 bits per heavy atom. The fourth-order valence-corrected chi connectivity index (χ4v) is 2.99. The van der Waals surface area contributed by atoms with Gasteiger partial charge in [0.05, 0.1) is 7.11 Å². The molecule has 27 heavy (non-hydrogen) atoms. The fraction of sp³-hybridized carbons (Fsp3) is 0.273. The Labute approximate surface area is 157 Å². The number of carbonyl (C=O) groups excluding carboxylic acids is 1. The van der Waals surface area contributed by atoms with Crippen molar-refractivity contribution in [1.29, 1.82) is 0 Å². The first-order valence-electron chi connectivity index (χ1n) is 8.79. The highest BCUT2D eigenvalue weighted by Gasteiger charge is 2.13. The summed E-state index contributed by atoms with van der Waals surface area (Å²) >= 11 is 0. The largest absolute Gasteiger partial charge is 0.488 e. The van der Waals surface area contributed by atoms with E-state index < -0.39 is 5.63 Å². The summed E-state index contributed by atoms with van der Waals surface area (Å²) in [5.41, 5.74) is 3.98. The molecule has 0 saturated carbocycles. The van der Waals surface area contributed by atoms with Crippen molar-refractivity contribution in [2.45, 2.75) is 33.3 Å². The second-order valence-corrected chi connectivity index (χ2v) is 6.50. The summed E-state index contributed by atoms with van der Waals surface area (Å²) in [4.78, 5) is 23.3. The Kier molecular flexibility index (Phi) is 5.60. The number of fused-ring (bicyclic) bond motifs is 1. The normalized spacial score (nSPS) is 10.8. The Morgan fingerprint density at radius 2 is 1.81 bits per heavy atom. The van der Waals surface area contributed by atoms with Crippen LogP contribution in [-0.4, -0.2) is 13.1 Å². The van der Waals surface area contributed by atoms with Crippen molar-refractivity contribution in [3.05, 3.63) is 75.1 Å². The quantitative estimate of drug-likeness (QED) is 0.485. The number of carbonyl (C=O) groups is 1. The van der Waals surface area contributed by atoms with Gasteiger partial charge in [0.1, 0.15) is 17.9 Å². The zero-order chi connectivity index (χ0) is 19.4. The van der Waals surface area contributed by atoms with Crippen LogP contribution in [0.15, 0.2) is 51.7 Å². The molecule has 0 fully saturated rings. The standard InChI is InChI=1S/C22H22O5/c1-14-6-4-5-7-17(14)13-26-19-12-20-18(15(2)10-22(24)27-20)11-16(19)8-9-21(23)25-3/h4-7,10-12H,8-9,13H2,1-3H3. The Morgan fingerprint density at radius 3 is 2.56 bits per heavy atom. The average molecular weight is 366 g/mol. The maximum atomic E-state index is 11.7. The number of benzene rings is 2. The topological polar surface area (TPSA) is 65.7 Å². The van der Waals surface area contributed by atoms with Crippen LogP contribution >= 0.6 is 0 Å². The van der Waals surface area contributed by atoms with Crippen LogP contribution in [0.3, 0.4) is 0 Å². The average Bonchev–Trinajstić information content (AvgIpc) is 2.65. The molecule has 3 rings (SSSR count). The predicted octanol–water partition coefficient (Wildman–Crippen LogP) is 4.09. The predicted molar refractivity (Wildman–Crippen MR) is 103 cm³/mol. The van der Waals surface area contributed by atoms with E-state index >= 15 is 0 Å². The zero-order valence-corrected chi connectivity index (χ0v) is 15.7. The molecule has 0 N–H and O–H groups in total. The third kappa shape index (κ3) is 4.37. The molecule has 0 radical (unpaired) electrons. The lowest BCUT2D eigenvalue weighted by molar-refractivity contribution is -0.140. The Hall–Kier alpha value is -3.08. The Balaban J connectivity index is 1.97. The molecule has 1 aromatic heterocycles. The maximum Gasteiger partial charge on any atom is 0.336 e. The van der Waals surface area contributed by atoms with Gasteiger partial charge in [-0.2, -0.15) is 0 Å². The molecule has 0 aliphatic heterocycles. The van der Waals surface area contributed by atoms with E-state index in [1.54, 1.807) is 6.07 Å². The molecule has 140 valence electrons. The van der Waals surface area contributed by atoms with E-state index in [1.165, 1.54) is 13.2 Å². The smallest absolute Gasteiger partial charge is 0.336 e. The molecule has 0 atom stereocenters. The van der Waals surface area contributed by atoms with Gasteiger partial charge in [0.15, 0.2) is 0 Å². The molecule has 0 unspecified atom stereocenters. The van der Waals surface area contributed by atoms with Gasteiger partial charge >= 0.3 is 11.6 Å². The molecule has 0 amide bonds. The monoisotopic (exact) mass is 366 g/mol. The lowest BCUT2D eigenvalue weighted by atomic mass is 10.0. The summed E-state index contributed by atoms with van der Waals surface area (Å²) in [6.45, 7) is 4.27. The summed E-state index contributed by atoms with van der Waals surface area (Å²) in [5.74, 6) is 0.319. The molecule has 0 spiro atoms. The van der Waals surface area contributed by atoms with Crippen LogP contribution in [0.2, 0.25) is 0 Å². The number of hydrogen-bond acceptors (Lipinski definition) is 5. The third-order valence-corrected chi connectivity index (χ3v) is 4.60. The summed E-state index contributed by atoms with van der Waals surface area (Å²) in [7, 11) is 1.37. The highest BCUT2D eigenvalue weighted by molar-refractivity contribution is 5.83. The molecule has 3 aromatic rings. The van der Waals surface area contributed by atoms with E-state index in [9.17, 15) is 9.59 Å². The van der Waals surface area contributed by atoms with Crippen molar-refractivity contribution in [2.24, 2.45) is 0 Å². The maximum absolute atomic E-state index is 11.7. The molecule has 2 aromatic carbocycles. The van der Waals surface area contributed by atoms with Gasteiger partial charge in [-0.05, 0) is 48.6 Å². The minimum atomic E-state index is -0.396. The van der Waals surface area contributed by atoms with Gasteiger partial charge in [-0.15, -0.1) is 0 Å². The van der Waals surface area contributed by atoms with Crippen LogP contribution in [0.25, 0.3) is 11.0 Å². The summed E-state index contributed by atoms with van der Waals surface area (Å²) in [5, 5.41) is 0.831. The van der Waals surface area contributed by atoms with E-state index in [-0.39, 0.29) is 12.4 Å². The van der Waals surface area contributed by atoms with Crippen molar-refractivity contribution in [3.63, 3.8) is 0 Å². The first-order valence-corrected chi connectivity index (χ1v) is 8.79. The lowest BCUT2D eigenvalue weighted by Crippen LogP contribution is -2.06. The molecule has 0 aliphatic carbocycles. The molecular weight excluding hydrogens is 344 g/mol. The summed E-state index contributed by atoms with van der Waals surface area (Å²) in [6, 6.07) is 13.1. The van der Waals surface area contributed by atoms with Gasteiger partial charge in [-0.25, -0.2) is 4.79 Å². The summed E-state index contributed by atoms with van der Waals surface area (Å²) < 4.78 is 16.1. The van der Waals surface area contributed by atoms with E-state index in [4.69, 9.17) is 13.9 Å². The van der Waals surface area contributed by atoms with E-state index in [0.717, 1.165) is 27.6 Å². The number of rotatable bonds is 6. The van der Waals surface area contributed by atoms with Crippen molar-refractivity contribution in [2.75, 3.05) is 7.11 Å². The highest BCUT2D eigenvalue weighted by Crippen LogP contribution is 2.29. The van der Waals surface area contributed by atoms with Crippen molar-refractivity contribution >= 4 is 16.9 Å². The third-order valence-electron chi connectivity index (χ3n) is 4.60. The molecule has 1 heterocycles. The van der Waals surface area contributed by atoms with Gasteiger partial charge in [0.25, 0.3) is 0 Å². The van der Waals surface area contributed by atoms with Gasteiger partial charge in [-0.1, -0.05) is 24.3 Å². The van der Waals surface area contributed by atoms with Crippen molar-refractivity contribution in [3.8, 4) is 5.75 Å². The molecular formula is C22H22O5. The van der Waals surface area contributed by atoms with Crippen LogP contribution in [0, 0.1) is 13.8 Å². The van der Waals surface area contributed by atoms with Gasteiger partial charge in [0.2, 0.25) is 0 Å². The zero-order valence-electron chi connectivity index (χ0n) is 15.7. The first-order chi connectivity index (χ1) is 13.0. The van der Waals surface area contributed by atoms with Crippen LogP contribution in [-0.2, 0) is 22.6 Å². The molecule has 0 bridgehead atoms. The van der Waals surface area contributed by atoms with E-state index in [1.807, 2.05) is 44.2 Å². The van der Waals surface area contributed by atoms with Crippen LogP contribution in [0.4, 0.5) is 0 Å². The Bertz CT molecular complexity index is 1030. The highest BCUT2D eigenvalue weighted by atomic mass is 16.5. The number of hydrogen-bond donors (Lipinski definition) is 0. The van der Waals surface area contributed by atoms with E-state index in [2.05, 4.69) is 0 Å². The SMILES string of the molecule is COC(=O)CCc1cc2c(C)cc(=O)oc2cc1OCc1ccccc1C. The number of esters is 1. The van der Waals surface area contributed by atoms with Crippen molar-refractivity contribution in [1.82, 2.24) is 0 Å². The second-order valence-electron chi connectivity index (χ2n) is 6.50. The fourth-order valence-electron chi connectivity index (χ4n) is 2.99. The number of ether oxygens (including phenoxy) is 2. The second kappa shape index (κ2) is 8.08. The minimum absolute atomic E-state index is 0.249. The lowest BCUT2D eigenvalue weighted by Gasteiger charge is -2.14. The van der Waals surface area contributed by atoms with Crippen LogP contribution in [0.1, 0.15) is 28.7 Å². The van der Waals surface area contributed by atoms with Gasteiger partial charge in [0, 0.05) is 23.9 Å². The molecule has 5 heteroatoms. The van der Waals surface area contributed by atoms with Crippen LogP contribution in [0.5, 0.6) is 5.75 Å². The van der Waals surface area contributed by atoms with Gasteiger partial charge < -0.3 is 13.9 Å². The number of aryl methyl sites for hydroxylation is 3. The molecule has 0 aliphatic rings. The van der Waals surface area contributed by atoms with E-state index in [0.29, 0.717) is 24.4 Å². The molecule has 5 nitrogen and oxygen atoms in total. The number of methoxy groups -OCH3 is 1. The van der Waals surface area contributed by atoms with Crippen LogP contribution < -0.4 is 10.4 Å². The summed E-state index contributed by atoms with van der Waals surface area (Å²) in [6.07, 6.45) is 0.725. The first kappa shape index (κ1) is 18.7. The molecule has 0 saturated heterocycles. The minimum Gasteiger partial charge on any atom is -0.488 e. The van der Waals surface area contributed by atoms with Crippen molar-refractivity contribution < 1.29 is 18.7 Å².